The smallest absolute Gasteiger partial charge is 0.0459 e. The molecule has 0 spiro atoms. The highest BCUT2D eigenvalue weighted by molar-refractivity contribution is 6.36. The molecule has 1 saturated carbocycles. The Morgan fingerprint density at radius 1 is 1.40 bits per heavy atom. The zero-order valence-electron chi connectivity index (χ0n) is 8.76. The Morgan fingerprint density at radius 3 is 2.40 bits per heavy atom. The molecule has 2 rings (SSSR count). The first-order chi connectivity index (χ1) is 7.15. The predicted octanol–water partition coefficient (Wildman–Crippen LogP) is 3.62. The Hall–Kier alpha value is -0.240. The Morgan fingerprint density at radius 2 is 2.00 bits per heavy atom. The Bertz CT molecular complexity index is 358. The molecule has 2 unspecified atom stereocenters. The topological polar surface area (TPSA) is 26.0 Å². The minimum Gasteiger partial charge on any atom is -0.330 e. The van der Waals surface area contributed by atoms with Gasteiger partial charge in [0.25, 0.3) is 0 Å². The monoisotopic (exact) mass is 243 g/mol. The summed E-state index contributed by atoms with van der Waals surface area (Å²) in [4.78, 5) is 0. The second-order valence-corrected chi connectivity index (χ2v) is 5.08. The van der Waals surface area contributed by atoms with Crippen LogP contribution in [-0.2, 0) is 5.41 Å². The summed E-state index contributed by atoms with van der Waals surface area (Å²) in [5, 5.41) is 1.51. The van der Waals surface area contributed by atoms with Gasteiger partial charge in [0.05, 0.1) is 0 Å². The molecule has 0 amide bonds. The summed E-state index contributed by atoms with van der Waals surface area (Å²) in [7, 11) is 0. The first-order valence-corrected chi connectivity index (χ1v) is 6.06. The largest absolute Gasteiger partial charge is 0.330 e. The van der Waals surface area contributed by atoms with Crippen LogP contribution in [0.1, 0.15) is 25.3 Å². The normalized spacial score (nSPS) is 29.2. The van der Waals surface area contributed by atoms with Crippen molar-refractivity contribution >= 4 is 23.2 Å². The molecule has 2 atom stereocenters. The summed E-state index contributed by atoms with van der Waals surface area (Å²) < 4.78 is 0. The molecule has 0 aliphatic heterocycles. The number of nitrogens with two attached hydrogens (primary N) is 1. The van der Waals surface area contributed by atoms with Crippen LogP contribution >= 0.6 is 23.2 Å². The fourth-order valence-electron chi connectivity index (χ4n) is 2.55. The van der Waals surface area contributed by atoms with E-state index < -0.39 is 0 Å². The van der Waals surface area contributed by atoms with Gasteiger partial charge in [-0.2, -0.15) is 0 Å². The Kier molecular flexibility index (Phi) is 2.98. The zero-order chi connectivity index (χ0) is 11.1. The number of hydrogen-bond donors (Lipinski definition) is 1. The molecule has 1 fully saturated rings. The highest BCUT2D eigenvalue weighted by Crippen LogP contribution is 2.58. The maximum absolute atomic E-state index is 6.22. The zero-order valence-corrected chi connectivity index (χ0v) is 10.3. The lowest BCUT2D eigenvalue weighted by Gasteiger charge is -2.18. The predicted molar refractivity (Wildman–Crippen MR) is 65.6 cm³/mol. The molecular weight excluding hydrogens is 229 g/mol. The maximum Gasteiger partial charge on any atom is 0.0459 e. The first kappa shape index (κ1) is 11.3. The van der Waals surface area contributed by atoms with Gasteiger partial charge in [0.15, 0.2) is 0 Å². The van der Waals surface area contributed by atoms with Crippen molar-refractivity contribution in [3.8, 4) is 0 Å². The average Bonchev–Trinajstić information content (AvgIpc) is 2.93. The van der Waals surface area contributed by atoms with E-state index in [0.717, 1.165) is 28.5 Å². The summed E-state index contributed by atoms with van der Waals surface area (Å²) >= 11 is 12.4. The molecule has 0 aromatic heterocycles. The van der Waals surface area contributed by atoms with Crippen molar-refractivity contribution in [1.29, 1.82) is 0 Å². The molecule has 82 valence electrons. The van der Waals surface area contributed by atoms with Crippen LogP contribution in [0.25, 0.3) is 0 Å². The van der Waals surface area contributed by atoms with E-state index in [1.54, 1.807) is 0 Å². The Labute approximate surface area is 101 Å². The second-order valence-electron chi connectivity index (χ2n) is 4.27. The highest BCUT2D eigenvalue weighted by Gasteiger charge is 2.54. The third-order valence-electron chi connectivity index (χ3n) is 3.55. The molecule has 1 aliphatic rings. The third-order valence-corrected chi connectivity index (χ3v) is 4.18. The Balaban J connectivity index is 2.45. The molecule has 0 heterocycles. The van der Waals surface area contributed by atoms with Gasteiger partial charge in [-0.15, -0.1) is 0 Å². The lowest BCUT2D eigenvalue weighted by Crippen LogP contribution is -2.23. The molecule has 1 aromatic rings. The SMILES string of the molecule is CCC1CC1(CN)c1c(Cl)cccc1Cl. The van der Waals surface area contributed by atoms with Gasteiger partial charge in [-0.3, -0.25) is 0 Å². The number of halogens is 2. The summed E-state index contributed by atoms with van der Waals surface area (Å²) in [5.74, 6) is 0.639. The van der Waals surface area contributed by atoms with E-state index in [9.17, 15) is 0 Å². The van der Waals surface area contributed by atoms with Gasteiger partial charge in [-0.1, -0.05) is 42.6 Å². The first-order valence-electron chi connectivity index (χ1n) is 5.30. The fraction of sp³-hybridized carbons (Fsp3) is 0.500. The van der Waals surface area contributed by atoms with Crippen molar-refractivity contribution in [2.45, 2.75) is 25.2 Å². The third kappa shape index (κ3) is 1.67. The van der Waals surface area contributed by atoms with Crippen molar-refractivity contribution in [3.63, 3.8) is 0 Å². The molecule has 0 saturated heterocycles. The standard InChI is InChI=1S/C12H15Cl2N/c1-2-8-6-12(8,7-15)11-9(13)4-3-5-10(11)14/h3-5,8H,2,6-7,15H2,1H3. The van der Waals surface area contributed by atoms with Crippen LogP contribution in [0.5, 0.6) is 0 Å². The van der Waals surface area contributed by atoms with Gasteiger partial charge in [0.1, 0.15) is 0 Å². The molecule has 1 aliphatic carbocycles. The van der Waals surface area contributed by atoms with Crippen molar-refractivity contribution in [1.82, 2.24) is 0 Å². The maximum atomic E-state index is 6.22. The van der Waals surface area contributed by atoms with E-state index in [0.29, 0.717) is 12.5 Å². The number of benzene rings is 1. The van der Waals surface area contributed by atoms with Gasteiger partial charge in [-0.05, 0) is 30.0 Å². The molecule has 0 bridgehead atoms. The van der Waals surface area contributed by atoms with Crippen molar-refractivity contribution in [3.05, 3.63) is 33.8 Å². The molecule has 2 N–H and O–H groups in total. The van der Waals surface area contributed by atoms with E-state index in [2.05, 4.69) is 6.92 Å². The van der Waals surface area contributed by atoms with E-state index in [-0.39, 0.29) is 5.41 Å². The summed E-state index contributed by atoms with van der Waals surface area (Å²) in [5.41, 5.74) is 6.99. The molecule has 1 nitrogen and oxygen atoms in total. The van der Waals surface area contributed by atoms with Crippen LogP contribution < -0.4 is 5.73 Å². The van der Waals surface area contributed by atoms with E-state index in [4.69, 9.17) is 28.9 Å². The van der Waals surface area contributed by atoms with Crippen LogP contribution in [0, 0.1) is 5.92 Å². The number of rotatable bonds is 3. The highest BCUT2D eigenvalue weighted by atomic mass is 35.5. The van der Waals surface area contributed by atoms with Gasteiger partial charge in [0, 0.05) is 22.0 Å². The van der Waals surface area contributed by atoms with Gasteiger partial charge >= 0.3 is 0 Å². The molecule has 3 heteroatoms. The molecule has 1 aromatic carbocycles. The minimum atomic E-state index is 0.0458. The summed E-state index contributed by atoms with van der Waals surface area (Å²) in [6.45, 7) is 2.82. The number of hydrogen-bond acceptors (Lipinski definition) is 1. The van der Waals surface area contributed by atoms with Crippen LogP contribution in [0.4, 0.5) is 0 Å². The van der Waals surface area contributed by atoms with Crippen LogP contribution in [0.2, 0.25) is 10.0 Å². The summed E-state index contributed by atoms with van der Waals surface area (Å²) in [6, 6.07) is 5.66. The minimum absolute atomic E-state index is 0.0458. The van der Waals surface area contributed by atoms with Crippen molar-refractivity contribution < 1.29 is 0 Å². The van der Waals surface area contributed by atoms with Crippen molar-refractivity contribution in [2.24, 2.45) is 11.7 Å². The van der Waals surface area contributed by atoms with Crippen LogP contribution in [-0.4, -0.2) is 6.54 Å². The quantitative estimate of drug-likeness (QED) is 0.863. The van der Waals surface area contributed by atoms with Gasteiger partial charge < -0.3 is 5.73 Å². The molecule has 0 radical (unpaired) electrons. The average molecular weight is 244 g/mol. The summed E-state index contributed by atoms with van der Waals surface area (Å²) in [6.07, 6.45) is 2.25. The van der Waals surface area contributed by atoms with E-state index in [1.165, 1.54) is 0 Å². The van der Waals surface area contributed by atoms with Crippen molar-refractivity contribution in [2.75, 3.05) is 6.54 Å². The van der Waals surface area contributed by atoms with Gasteiger partial charge in [0.2, 0.25) is 0 Å². The van der Waals surface area contributed by atoms with E-state index >= 15 is 0 Å². The van der Waals surface area contributed by atoms with Gasteiger partial charge in [-0.25, -0.2) is 0 Å². The van der Waals surface area contributed by atoms with Crippen LogP contribution in [0.3, 0.4) is 0 Å². The molecular formula is C12H15Cl2N. The van der Waals surface area contributed by atoms with E-state index in [1.807, 2.05) is 18.2 Å². The lowest BCUT2D eigenvalue weighted by molar-refractivity contribution is 0.600. The fourth-order valence-corrected chi connectivity index (χ4v) is 3.32. The molecule has 15 heavy (non-hydrogen) atoms. The lowest BCUT2D eigenvalue weighted by atomic mass is 9.92. The van der Waals surface area contributed by atoms with Crippen LogP contribution in [0.15, 0.2) is 18.2 Å². The second kappa shape index (κ2) is 3.97.